The summed E-state index contributed by atoms with van der Waals surface area (Å²) >= 11 is 0. The number of sulfonamides is 1. The molecule has 84 valence electrons. The number of nitrogens with one attached hydrogen (secondary N) is 2. The van der Waals surface area contributed by atoms with Crippen LogP contribution in [0, 0.1) is 0 Å². The normalized spacial score (nSPS) is 19.8. The van der Waals surface area contributed by atoms with Gasteiger partial charge in [-0.1, -0.05) is 0 Å². The van der Waals surface area contributed by atoms with Crippen molar-refractivity contribution in [3.05, 3.63) is 0 Å². The molecule has 1 fully saturated rings. The van der Waals surface area contributed by atoms with Crippen molar-refractivity contribution in [3.8, 4) is 0 Å². The number of piperazine rings is 1. The molecule has 2 N–H and O–H groups in total. The van der Waals surface area contributed by atoms with Gasteiger partial charge in [0.25, 0.3) is 0 Å². The number of rotatable bonds is 5. The van der Waals surface area contributed by atoms with Gasteiger partial charge in [0.2, 0.25) is 10.0 Å². The molecule has 1 rings (SSSR count). The van der Waals surface area contributed by atoms with Gasteiger partial charge in [-0.3, -0.25) is 0 Å². The number of nitrogens with zero attached hydrogens (tertiary/aromatic N) is 1. The van der Waals surface area contributed by atoms with E-state index in [-0.39, 0.29) is 0 Å². The molecule has 5 nitrogen and oxygen atoms in total. The van der Waals surface area contributed by atoms with Crippen LogP contribution in [0.3, 0.4) is 0 Å². The van der Waals surface area contributed by atoms with Crippen molar-refractivity contribution < 1.29 is 8.42 Å². The minimum absolute atomic E-state index is 0.544. The van der Waals surface area contributed by atoms with E-state index < -0.39 is 10.0 Å². The van der Waals surface area contributed by atoms with Crippen LogP contribution in [-0.2, 0) is 10.0 Å². The van der Waals surface area contributed by atoms with Crippen LogP contribution in [0.15, 0.2) is 0 Å². The highest BCUT2D eigenvalue weighted by molar-refractivity contribution is 7.88. The van der Waals surface area contributed by atoms with E-state index in [1.165, 1.54) is 6.26 Å². The second-order valence-electron chi connectivity index (χ2n) is 3.61. The maximum Gasteiger partial charge on any atom is 0.208 e. The van der Waals surface area contributed by atoms with Crippen LogP contribution >= 0.6 is 0 Å². The molecule has 0 aliphatic carbocycles. The summed E-state index contributed by atoms with van der Waals surface area (Å²) in [5.41, 5.74) is 0. The summed E-state index contributed by atoms with van der Waals surface area (Å²) in [5, 5.41) is 3.28. The van der Waals surface area contributed by atoms with E-state index in [0.717, 1.165) is 39.1 Å². The summed E-state index contributed by atoms with van der Waals surface area (Å²) in [6, 6.07) is 0. The van der Waals surface area contributed by atoms with Gasteiger partial charge in [-0.15, -0.1) is 0 Å². The predicted molar refractivity (Wildman–Crippen MR) is 56.8 cm³/mol. The Hall–Kier alpha value is -0.170. The van der Waals surface area contributed by atoms with E-state index in [2.05, 4.69) is 14.9 Å². The third kappa shape index (κ3) is 5.54. The molecule has 1 aliphatic heterocycles. The Morgan fingerprint density at radius 3 is 2.57 bits per heavy atom. The first kappa shape index (κ1) is 11.9. The first-order valence-corrected chi connectivity index (χ1v) is 6.85. The Labute approximate surface area is 85.9 Å². The van der Waals surface area contributed by atoms with Crippen molar-refractivity contribution in [2.45, 2.75) is 6.42 Å². The van der Waals surface area contributed by atoms with Crippen LogP contribution in [0.25, 0.3) is 0 Å². The molecule has 6 heteroatoms. The van der Waals surface area contributed by atoms with Crippen LogP contribution in [0.5, 0.6) is 0 Å². The standard InChI is InChI=1S/C8H19N3O2S/c1-14(12,13)10-3-2-6-11-7-4-9-5-8-11/h9-10H,2-8H2,1H3. The highest BCUT2D eigenvalue weighted by Crippen LogP contribution is 1.93. The average molecular weight is 221 g/mol. The molecule has 1 heterocycles. The molecule has 0 bridgehead atoms. The van der Waals surface area contributed by atoms with E-state index in [4.69, 9.17) is 0 Å². The van der Waals surface area contributed by atoms with Crippen LogP contribution in [-0.4, -0.2) is 58.8 Å². The highest BCUT2D eigenvalue weighted by atomic mass is 32.2. The average Bonchev–Trinajstić information content (AvgIpc) is 2.13. The van der Waals surface area contributed by atoms with Gasteiger partial charge in [0, 0.05) is 32.7 Å². The second kappa shape index (κ2) is 5.65. The molecule has 0 amide bonds. The largest absolute Gasteiger partial charge is 0.314 e. The topological polar surface area (TPSA) is 61.4 Å². The molecule has 1 saturated heterocycles. The summed E-state index contributed by atoms with van der Waals surface area (Å²) in [5.74, 6) is 0. The Morgan fingerprint density at radius 2 is 2.00 bits per heavy atom. The Kier molecular flexibility index (Phi) is 4.80. The van der Waals surface area contributed by atoms with Gasteiger partial charge in [0.05, 0.1) is 6.26 Å². The lowest BCUT2D eigenvalue weighted by molar-refractivity contribution is 0.239. The first-order valence-electron chi connectivity index (χ1n) is 4.96. The van der Waals surface area contributed by atoms with Crippen LogP contribution in [0.2, 0.25) is 0 Å². The summed E-state index contributed by atoms with van der Waals surface area (Å²) in [6.07, 6.45) is 2.07. The quantitative estimate of drug-likeness (QED) is 0.574. The van der Waals surface area contributed by atoms with Gasteiger partial charge in [-0.05, 0) is 13.0 Å². The van der Waals surface area contributed by atoms with Gasteiger partial charge in [-0.25, -0.2) is 13.1 Å². The van der Waals surface area contributed by atoms with Crippen LogP contribution in [0.1, 0.15) is 6.42 Å². The molecule has 1 aliphatic rings. The lowest BCUT2D eigenvalue weighted by Gasteiger charge is -2.26. The molecule has 0 radical (unpaired) electrons. The Bertz CT molecular complexity index is 247. The van der Waals surface area contributed by atoms with Gasteiger partial charge >= 0.3 is 0 Å². The molecular formula is C8H19N3O2S. The highest BCUT2D eigenvalue weighted by Gasteiger charge is 2.08. The molecule has 0 saturated carbocycles. The fraction of sp³-hybridized carbons (Fsp3) is 1.00. The number of hydrogen-bond donors (Lipinski definition) is 2. The molecule has 0 aromatic rings. The minimum Gasteiger partial charge on any atom is -0.314 e. The summed E-state index contributed by atoms with van der Waals surface area (Å²) in [4.78, 5) is 2.35. The predicted octanol–water partition coefficient (Wildman–Crippen LogP) is -1.17. The zero-order chi connectivity index (χ0) is 10.4. The van der Waals surface area contributed by atoms with E-state index >= 15 is 0 Å². The summed E-state index contributed by atoms with van der Waals surface area (Å²) in [6.45, 7) is 5.74. The zero-order valence-corrected chi connectivity index (χ0v) is 9.44. The lowest BCUT2D eigenvalue weighted by Crippen LogP contribution is -2.44. The molecule has 0 unspecified atom stereocenters. The maximum atomic E-state index is 10.7. The van der Waals surface area contributed by atoms with Crippen molar-refractivity contribution in [3.63, 3.8) is 0 Å². The Morgan fingerprint density at radius 1 is 1.36 bits per heavy atom. The SMILES string of the molecule is CS(=O)(=O)NCCCN1CCNCC1. The van der Waals surface area contributed by atoms with Crippen molar-refractivity contribution in [1.29, 1.82) is 0 Å². The molecule has 14 heavy (non-hydrogen) atoms. The molecular weight excluding hydrogens is 202 g/mol. The molecule has 0 spiro atoms. The van der Waals surface area contributed by atoms with Crippen molar-refractivity contribution in [2.24, 2.45) is 0 Å². The van der Waals surface area contributed by atoms with Crippen molar-refractivity contribution in [1.82, 2.24) is 14.9 Å². The minimum atomic E-state index is -3.01. The number of hydrogen-bond acceptors (Lipinski definition) is 4. The van der Waals surface area contributed by atoms with Crippen molar-refractivity contribution >= 4 is 10.0 Å². The van der Waals surface area contributed by atoms with E-state index in [9.17, 15) is 8.42 Å². The zero-order valence-electron chi connectivity index (χ0n) is 8.62. The van der Waals surface area contributed by atoms with E-state index in [1.54, 1.807) is 0 Å². The van der Waals surface area contributed by atoms with Gasteiger partial charge < -0.3 is 10.2 Å². The van der Waals surface area contributed by atoms with E-state index in [1.807, 2.05) is 0 Å². The Balaban J connectivity index is 2.03. The van der Waals surface area contributed by atoms with Crippen LogP contribution < -0.4 is 10.0 Å². The first-order chi connectivity index (χ1) is 6.58. The third-order valence-corrected chi connectivity index (χ3v) is 2.95. The smallest absolute Gasteiger partial charge is 0.208 e. The third-order valence-electron chi connectivity index (χ3n) is 2.22. The van der Waals surface area contributed by atoms with Gasteiger partial charge in [0.15, 0.2) is 0 Å². The van der Waals surface area contributed by atoms with Crippen molar-refractivity contribution in [2.75, 3.05) is 45.5 Å². The van der Waals surface area contributed by atoms with Gasteiger partial charge in [-0.2, -0.15) is 0 Å². The fourth-order valence-electron chi connectivity index (χ4n) is 1.49. The summed E-state index contributed by atoms with van der Waals surface area (Å²) < 4.78 is 24.0. The monoisotopic (exact) mass is 221 g/mol. The van der Waals surface area contributed by atoms with Gasteiger partial charge in [0.1, 0.15) is 0 Å². The van der Waals surface area contributed by atoms with Crippen LogP contribution in [0.4, 0.5) is 0 Å². The second-order valence-corrected chi connectivity index (χ2v) is 5.44. The van der Waals surface area contributed by atoms with E-state index in [0.29, 0.717) is 6.54 Å². The molecule has 0 atom stereocenters. The summed E-state index contributed by atoms with van der Waals surface area (Å²) in [7, 11) is -3.01. The maximum absolute atomic E-state index is 10.7. The molecule has 0 aromatic carbocycles. The fourth-order valence-corrected chi connectivity index (χ4v) is 2.01. The molecule has 0 aromatic heterocycles. The lowest BCUT2D eigenvalue weighted by atomic mass is 10.3.